The van der Waals surface area contributed by atoms with E-state index in [9.17, 15) is 0 Å². The molecule has 1 aliphatic heterocycles. The van der Waals surface area contributed by atoms with Gasteiger partial charge < -0.3 is 20.3 Å². The van der Waals surface area contributed by atoms with Gasteiger partial charge in [-0.2, -0.15) is 0 Å². The summed E-state index contributed by atoms with van der Waals surface area (Å²) >= 11 is 0. The molecule has 1 atom stereocenters. The van der Waals surface area contributed by atoms with Crippen molar-refractivity contribution in [2.24, 2.45) is 10.9 Å². The fourth-order valence-electron chi connectivity index (χ4n) is 2.48. The molecule has 1 aliphatic rings. The molecule has 1 fully saturated rings. The molecule has 1 unspecified atom stereocenters. The molecule has 1 heterocycles. The van der Waals surface area contributed by atoms with E-state index < -0.39 is 0 Å². The van der Waals surface area contributed by atoms with Crippen molar-refractivity contribution >= 4 is 5.96 Å². The van der Waals surface area contributed by atoms with Crippen LogP contribution in [0, 0.1) is 5.92 Å². The summed E-state index contributed by atoms with van der Waals surface area (Å²) in [7, 11) is 3.55. The molecule has 0 aromatic rings. The fourth-order valence-corrected chi connectivity index (χ4v) is 2.48. The lowest BCUT2D eigenvalue weighted by Crippen LogP contribution is -2.40. The zero-order chi connectivity index (χ0) is 13.9. The van der Waals surface area contributed by atoms with Crippen LogP contribution >= 0.6 is 0 Å². The van der Waals surface area contributed by atoms with Crippen molar-refractivity contribution in [1.82, 2.24) is 15.5 Å². The predicted molar refractivity (Wildman–Crippen MR) is 80.7 cm³/mol. The number of methoxy groups -OCH3 is 1. The van der Waals surface area contributed by atoms with Gasteiger partial charge in [-0.25, -0.2) is 0 Å². The van der Waals surface area contributed by atoms with E-state index in [1.807, 2.05) is 7.05 Å². The van der Waals surface area contributed by atoms with E-state index in [4.69, 9.17) is 4.74 Å². The topological polar surface area (TPSA) is 48.9 Å². The number of ether oxygens (including phenoxy) is 1. The SMILES string of the molecule is CCCN1CCC(CNC(=NC)NCCCOC)C1. The molecule has 0 radical (unpaired) electrons. The summed E-state index contributed by atoms with van der Waals surface area (Å²) in [6.07, 6.45) is 3.56. The molecule has 1 saturated heterocycles. The van der Waals surface area contributed by atoms with Gasteiger partial charge in [0.25, 0.3) is 0 Å². The zero-order valence-electron chi connectivity index (χ0n) is 12.7. The third-order valence-electron chi connectivity index (χ3n) is 3.51. The van der Waals surface area contributed by atoms with E-state index in [1.54, 1.807) is 7.11 Å². The average Bonchev–Trinajstić information content (AvgIpc) is 2.86. The van der Waals surface area contributed by atoms with Crippen molar-refractivity contribution in [3.05, 3.63) is 0 Å². The van der Waals surface area contributed by atoms with E-state index in [1.165, 1.54) is 32.5 Å². The Kier molecular flexibility index (Phi) is 8.58. The van der Waals surface area contributed by atoms with Gasteiger partial charge in [0.05, 0.1) is 0 Å². The number of nitrogens with zero attached hydrogens (tertiary/aromatic N) is 2. The minimum absolute atomic E-state index is 0.754. The first-order chi connectivity index (χ1) is 9.30. The van der Waals surface area contributed by atoms with Gasteiger partial charge in [-0.05, 0) is 38.3 Å². The molecule has 0 aromatic heterocycles. The van der Waals surface area contributed by atoms with Crippen LogP contribution in [0.1, 0.15) is 26.2 Å². The quantitative estimate of drug-likeness (QED) is 0.391. The minimum Gasteiger partial charge on any atom is -0.385 e. The summed E-state index contributed by atoms with van der Waals surface area (Å²) in [5.74, 6) is 1.66. The van der Waals surface area contributed by atoms with Crippen molar-refractivity contribution in [1.29, 1.82) is 0 Å². The smallest absolute Gasteiger partial charge is 0.190 e. The predicted octanol–water partition coefficient (Wildman–Crippen LogP) is 0.920. The largest absolute Gasteiger partial charge is 0.385 e. The molecule has 2 N–H and O–H groups in total. The van der Waals surface area contributed by atoms with Gasteiger partial charge in [-0.15, -0.1) is 0 Å². The monoisotopic (exact) mass is 270 g/mol. The molecule has 19 heavy (non-hydrogen) atoms. The maximum atomic E-state index is 5.03. The summed E-state index contributed by atoms with van der Waals surface area (Å²) in [5, 5.41) is 6.73. The van der Waals surface area contributed by atoms with Crippen LogP contribution in [-0.4, -0.2) is 64.3 Å². The molecule has 5 heteroatoms. The van der Waals surface area contributed by atoms with E-state index in [0.717, 1.165) is 38.0 Å². The molecule has 1 rings (SSSR count). The van der Waals surface area contributed by atoms with Crippen LogP contribution in [0.4, 0.5) is 0 Å². The van der Waals surface area contributed by atoms with Gasteiger partial charge in [0.15, 0.2) is 5.96 Å². The molecule has 112 valence electrons. The number of guanidine groups is 1. The van der Waals surface area contributed by atoms with Gasteiger partial charge in [-0.3, -0.25) is 4.99 Å². The van der Waals surface area contributed by atoms with E-state index in [0.29, 0.717) is 0 Å². The van der Waals surface area contributed by atoms with Crippen LogP contribution in [0.15, 0.2) is 4.99 Å². The fraction of sp³-hybridized carbons (Fsp3) is 0.929. The number of hydrogen-bond acceptors (Lipinski definition) is 3. The molecule has 0 amide bonds. The highest BCUT2D eigenvalue weighted by Crippen LogP contribution is 2.15. The number of likely N-dealkylation sites (tertiary alicyclic amines) is 1. The second-order valence-electron chi connectivity index (χ2n) is 5.18. The van der Waals surface area contributed by atoms with E-state index >= 15 is 0 Å². The van der Waals surface area contributed by atoms with Gasteiger partial charge in [0.1, 0.15) is 0 Å². The first kappa shape index (κ1) is 16.2. The van der Waals surface area contributed by atoms with Crippen molar-refractivity contribution < 1.29 is 4.74 Å². The van der Waals surface area contributed by atoms with Crippen molar-refractivity contribution in [2.45, 2.75) is 26.2 Å². The molecule has 5 nitrogen and oxygen atoms in total. The van der Waals surface area contributed by atoms with Crippen molar-refractivity contribution in [3.8, 4) is 0 Å². The Labute approximate surface area is 117 Å². The van der Waals surface area contributed by atoms with Crippen LogP contribution < -0.4 is 10.6 Å². The zero-order valence-corrected chi connectivity index (χ0v) is 12.7. The highest BCUT2D eigenvalue weighted by atomic mass is 16.5. The highest BCUT2D eigenvalue weighted by Gasteiger charge is 2.21. The van der Waals surface area contributed by atoms with Gasteiger partial charge in [0.2, 0.25) is 0 Å². The second kappa shape index (κ2) is 10.0. The Morgan fingerprint density at radius 2 is 2.26 bits per heavy atom. The van der Waals surface area contributed by atoms with Crippen molar-refractivity contribution in [3.63, 3.8) is 0 Å². The van der Waals surface area contributed by atoms with Crippen molar-refractivity contribution in [2.75, 3.05) is 53.5 Å². The standard InChI is InChI=1S/C14H30N4O/c1-4-8-18-9-6-13(12-18)11-17-14(15-2)16-7-5-10-19-3/h13H,4-12H2,1-3H3,(H2,15,16,17). The maximum Gasteiger partial charge on any atom is 0.190 e. The van der Waals surface area contributed by atoms with Crippen LogP contribution in [0.25, 0.3) is 0 Å². The van der Waals surface area contributed by atoms with E-state index in [-0.39, 0.29) is 0 Å². The van der Waals surface area contributed by atoms with Gasteiger partial charge in [0, 0.05) is 40.4 Å². The molecule has 0 saturated carbocycles. The molecular weight excluding hydrogens is 240 g/mol. The first-order valence-corrected chi connectivity index (χ1v) is 7.46. The number of nitrogens with one attached hydrogen (secondary N) is 2. The lowest BCUT2D eigenvalue weighted by Gasteiger charge is -2.17. The highest BCUT2D eigenvalue weighted by molar-refractivity contribution is 5.79. The molecule has 0 spiro atoms. The van der Waals surface area contributed by atoms with Gasteiger partial charge >= 0.3 is 0 Å². The molecule has 0 aliphatic carbocycles. The minimum atomic E-state index is 0.754. The molecule has 0 bridgehead atoms. The summed E-state index contributed by atoms with van der Waals surface area (Å²) in [5.41, 5.74) is 0. The number of hydrogen-bond donors (Lipinski definition) is 2. The first-order valence-electron chi connectivity index (χ1n) is 7.46. The third kappa shape index (κ3) is 6.78. The van der Waals surface area contributed by atoms with Crippen LogP contribution in [0.5, 0.6) is 0 Å². The Bertz CT molecular complexity index is 258. The maximum absolute atomic E-state index is 5.03. The van der Waals surface area contributed by atoms with Crippen LogP contribution in [0.2, 0.25) is 0 Å². The summed E-state index contributed by atoms with van der Waals surface area (Å²) in [6, 6.07) is 0. The molecular formula is C14H30N4O. The average molecular weight is 270 g/mol. The number of rotatable bonds is 8. The Morgan fingerprint density at radius 3 is 2.95 bits per heavy atom. The van der Waals surface area contributed by atoms with E-state index in [2.05, 4.69) is 27.4 Å². The lowest BCUT2D eigenvalue weighted by atomic mass is 10.1. The second-order valence-corrected chi connectivity index (χ2v) is 5.18. The summed E-state index contributed by atoms with van der Waals surface area (Å²) in [4.78, 5) is 6.80. The van der Waals surface area contributed by atoms with Crippen LogP contribution in [0.3, 0.4) is 0 Å². The normalized spacial score (nSPS) is 20.8. The van der Waals surface area contributed by atoms with Gasteiger partial charge in [-0.1, -0.05) is 6.92 Å². The van der Waals surface area contributed by atoms with Crippen LogP contribution in [-0.2, 0) is 4.74 Å². The number of aliphatic imine (C=N–C) groups is 1. The summed E-state index contributed by atoms with van der Waals surface area (Å²) in [6.45, 7) is 8.67. The third-order valence-corrected chi connectivity index (χ3v) is 3.51. The molecule has 0 aromatic carbocycles. The Morgan fingerprint density at radius 1 is 1.42 bits per heavy atom. The Balaban J connectivity index is 2.12. The Hall–Kier alpha value is -0.810. The lowest BCUT2D eigenvalue weighted by molar-refractivity contribution is 0.195. The summed E-state index contributed by atoms with van der Waals surface area (Å²) < 4.78 is 5.03.